The molecule has 0 saturated carbocycles. The molecule has 0 atom stereocenters. The molecule has 1 aliphatic rings. The first-order chi connectivity index (χ1) is 10.3. The third-order valence-corrected chi connectivity index (χ3v) is 4.14. The topological polar surface area (TPSA) is 75.0 Å². The van der Waals surface area contributed by atoms with E-state index in [1.165, 1.54) is 5.56 Å². The summed E-state index contributed by atoms with van der Waals surface area (Å²) in [6, 6.07) is 5.85. The van der Waals surface area contributed by atoms with Crippen molar-refractivity contribution in [1.82, 2.24) is 10.2 Å². The Morgan fingerprint density at radius 2 is 1.82 bits per heavy atom. The van der Waals surface area contributed by atoms with E-state index in [1.807, 2.05) is 32.0 Å². The lowest BCUT2D eigenvalue weighted by molar-refractivity contribution is 0.103. The molecule has 0 aliphatic carbocycles. The molecule has 0 spiro atoms. The van der Waals surface area contributed by atoms with Gasteiger partial charge in [0.2, 0.25) is 0 Å². The molecule has 1 aromatic carbocycles. The van der Waals surface area contributed by atoms with Crippen LogP contribution < -0.4 is 10.6 Å². The fraction of sp³-hybridized carbons (Fsp3) is 0.500. The molecular weight excluding hydrogens is 281 g/mol. The van der Waals surface area contributed by atoms with E-state index in [-0.39, 0.29) is 11.9 Å². The van der Waals surface area contributed by atoms with Gasteiger partial charge < -0.3 is 10.2 Å². The molecule has 0 unspecified atom stereocenters. The number of anilines is 1. The molecule has 5 nitrogen and oxygen atoms in total. The molecule has 1 aliphatic heterocycles. The van der Waals surface area contributed by atoms with Gasteiger partial charge in [0.05, 0.1) is 0 Å². The average molecular weight is 305 g/mol. The van der Waals surface area contributed by atoms with Gasteiger partial charge in [0, 0.05) is 18.8 Å². The number of benzene rings is 1. The van der Waals surface area contributed by atoms with Gasteiger partial charge >= 0.3 is 0 Å². The Morgan fingerprint density at radius 1 is 1.18 bits per heavy atom. The fourth-order valence-electron chi connectivity index (χ4n) is 2.39. The van der Waals surface area contributed by atoms with Crippen LogP contribution in [0.1, 0.15) is 30.9 Å². The quantitative estimate of drug-likeness (QED) is 0.476. The monoisotopic (exact) mass is 305 g/mol. The van der Waals surface area contributed by atoms with Crippen molar-refractivity contribution in [3.63, 3.8) is 0 Å². The summed E-state index contributed by atoms with van der Waals surface area (Å²) in [7, 11) is 0. The number of nitrogens with one attached hydrogen (secondary N) is 4. The van der Waals surface area contributed by atoms with Crippen LogP contribution in [0.25, 0.3) is 0 Å². The summed E-state index contributed by atoms with van der Waals surface area (Å²) in [6.45, 7) is 6.64. The highest BCUT2D eigenvalue weighted by Gasteiger charge is 2.30. The van der Waals surface area contributed by atoms with Crippen LogP contribution in [0.4, 0.5) is 10.1 Å². The van der Waals surface area contributed by atoms with Gasteiger partial charge in [0.15, 0.2) is 11.9 Å². The molecule has 1 saturated heterocycles. The van der Waals surface area contributed by atoms with Gasteiger partial charge in [-0.3, -0.25) is 16.1 Å². The molecule has 0 aromatic heterocycles. The molecule has 0 radical (unpaired) electrons. The number of guanidine groups is 2. The minimum atomic E-state index is -1.14. The van der Waals surface area contributed by atoms with E-state index in [9.17, 15) is 4.39 Å². The van der Waals surface area contributed by atoms with E-state index in [0.29, 0.717) is 25.9 Å². The molecule has 2 rings (SSSR count). The number of aryl methyl sites for hydroxylation is 2. The smallest absolute Gasteiger partial charge is 0.199 e. The van der Waals surface area contributed by atoms with Gasteiger partial charge in [-0.15, -0.1) is 0 Å². The van der Waals surface area contributed by atoms with Crippen molar-refractivity contribution in [2.45, 2.75) is 39.3 Å². The summed E-state index contributed by atoms with van der Waals surface area (Å²) in [5.41, 5.74) is 2.01. The fourth-order valence-corrected chi connectivity index (χ4v) is 2.39. The first-order valence-electron chi connectivity index (χ1n) is 7.49. The Hall–Kier alpha value is -2.11. The lowest BCUT2D eigenvalue weighted by atomic mass is 9.96. The van der Waals surface area contributed by atoms with Crippen molar-refractivity contribution in [1.29, 1.82) is 10.8 Å². The molecule has 1 heterocycles. The Bertz CT molecular complexity index is 572. The third-order valence-electron chi connectivity index (χ3n) is 4.14. The number of rotatable bonds is 1. The minimum absolute atomic E-state index is 0.0434. The Balaban J connectivity index is 1.86. The average Bonchev–Trinajstić information content (AvgIpc) is 2.42. The Morgan fingerprint density at radius 3 is 2.41 bits per heavy atom. The highest BCUT2D eigenvalue weighted by Crippen LogP contribution is 2.25. The Labute approximate surface area is 130 Å². The predicted octanol–water partition coefficient (Wildman–Crippen LogP) is 3.00. The summed E-state index contributed by atoms with van der Waals surface area (Å²) < 4.78 is 13.8. The van der Waals surface area contributed by atoms with Gasteiger partial charge in [-0.05, 0) is 56.9 Å². The SMILES string of the molecule is Cc1ccc(NC(=N)NC(=N)N2CCC(C)(F)CC2)cc1C. The van der Waals surface area contributed by atoms with Crippen molar-refractivity contribution < 1.29 is 4.39 Å². The van der Waals surface area contributed by atoms with Crippen LogP contribution in [0.5, 0.6) is 0 Å². The summed E-state index contributed by atoms with van der Waals surface area (Å²) in [4.78, 5) is 1.76. The van der Waals surface area contributed by atoms with E-state index in [2.05, 4.69) is 10.6 Å². The highest BCUT2D eigenvalue weighted by molar-refractivity contribution is 6.02. The number of hydrogen-bond donors (Lipinski definition) is 4. The van der Waals surface area contributed by atoms with Crippen LogP contribution in [0.3, 0.4) is 0 Å². The van der Waals surface area contributed by atoms with Gasteiger partial charge in [0.1, 0.15) is 5.67 Å². The lowest BCUT2D eigenvalue weighted by Crippen LogP contribution is -2.50. The van der Waals surface area contributed by atoms with Gasteiger partial charge in [0.25, 0.3) is 0 Å². The van der Waals surface area contributed by atoms with Gasteiger partial charge in [-0.2, -0.15) is 0 Å². The van der Waals surface area contributed by atoms with Crippen LogP contribution in [-0.2, 0) is 0 Å². The molecule has 4 N–H and O–H groups in total. The molecule has 1 aromatic rings. The van der Waals surface area contributed by atoms with E-state index < -0.39 is 5.67 Å². The molecule has 1 fully saturated rings. The van der Waals surface area contributed by atoms with Crippen molar-refractivity contribution >= 4 is 17.6 Å². The lowest BCUT2D eigenvalue weighted by Gasteiger charge is -2.35. The third kappa shape index (κ3) is 4.19. The second kappa shape index (κ2) is 6.34. The van der Waals surface area contributed by atoms with Crippen LogP contribution in [0.2, 0.25) is 0 Å². The number of piperidine rings is 1. The normalized spacial score (nSPS) is 17.0. The van der Waals surface area contributed by atoms with Crippen molar-refractivity contribution in [2.75, 3.05) is 18.4 Å². The number of likely N-dealkylation sites (tertiary alicyclic amines) is 1. The van der Waals surface area contributed by atoms with Crippen LogP contribution in [0, 0.1) is 24.7 Å². The number of halogens is 1. The summed E-state index contributed by atoms with van der Waals surface area (Å²) >= 11 is 0. The summed E-state index contributed by atoms with van der Waals surface area (Å²) in [5, 5.41) is 21.6. The molecule has 6 heteroatoms. The van der Waals surface area contributed by atoms with Gasteiger partial charge in [-0.1, -0.05) is 6.07 Å². The number of alkyl halides is 1. The van der Waals surface area contributed by atoms with Crippen molar-refractivity contribution in [3.05, 3.63) is 29.3 Å². The minimum Gasteiger partial charge on any atom is -0.343 e. The zero-order valence-corrected chi connectivity index (χ0v) is 13.4. The molecule has 120 valence electrons. The second-order valence-corrected chi connectivity index (χ2v) is 6.17. The molecule has 22 heavy (non-hydrogen) atoms. The van der Waals surface area contributed by atoms with Crippen LogP contribution >= 0.6 is 0 Å². The first-order valence-corrected chi connectivity index (χ1v) is 7.49. The van der Waals surface area contributed by atoms with Crippen molar-refractivity contribution in [2.24, 2.45) is 0 Å². The standard InChI is InChI=1S/C16H24FN5/c1-11-4-5-13(10-12(11)2)20-14(18)21-15(19)22-8-6-16(3,17)7-9-22/h4-5,10H,6-9H2,1-3H3,(H4,18,19,20,21). The zero-order valence-electron chi connectivity index (χ0n) is 13.4. The molecule has 0 amide bonds. The van der Waals surface area contributed by atoms with E-state index >= 15 is 0 Å². The summed E-state index contributed by atoms with van der Waals surface area (Å²) in [5.74, 6) is 0.179. The first kappa shape index (κ1) is 16.3. The number of hydrogen-bond acceptors (Lipinski definition) is 2. The maximum absolute atomic E-state index is 13.8. The maximum Gasteiger partial charge on any atom is 0.199 e. The van der Waals surface area contributed by atoms with Crippen LogP contribution in [0.15, 0.2) is 18.2 Å². The molecule has 0 bridgehead atoms. The number of nitrogens with zero attached hydrogens (tertiary/aromatic N) is 1. The van der Waals surface area contributed by atoms with E-state index in [0.717, 1.165) is 11.3 Å². The van der Waals surface area contributed by atoms with E-state index in [1.54, 1.807) is 11.8 Å². The highest BCUT2D eigenvalue weighted by atomic mass is 19.1. The largest absolute Gasteiger partial charge is 0.343 e. The molecular formula is C16H24FN5. The Kier molecular flexibility index (Phi) is 4.68. The summed E-state index contributed by atoms with van der Waals surface area (Å²) in [6.07, 6.45) is 0.823. The zero-order chi connectivity index (χ0) is 16.3. The van der Waals surface area contributed by atoms with Gasteiger partial charge in [-0.25, -0.2) is 4.39 Å². The maximum atomic E-state index is 13.8. The predicted molar refractivity (Wildman–Crippen MR) is 88.4 cm³/mol. The second-order valence-electron chi connectivity index (χ2n) is 6.17. The van der Waals surface area contributed by atoms with E-state index in [4.69, 9.17) is 10.8 Å². The van der Waals surface area contributed by atoms with Crippen LogP contribution in [-0.4, -0.2) is 35.6 Å². The van der Waals surface area contributed by atoms with Crippen molar-refractivity contribution in [3.8, 4) is 0 Å².